The molecule has 0 spiro atoms. The number of ether oxygens (including phenoxy) is 2. The minimum Gasteiger partial charge on any atom is -0.670 e. The predicted octanol–water partition coefficient (Wildman–Crippen LogP) is 6.27. The fourth-order valence-electron chi connectivity index (χ4n) is 9.36. The molecule has 1 saturated heterocycles. The zero-order valence-corrected chi connectivity index (χ0v) is 27.3. The molecule has 1 aromatic heterocycles. The molecule has 0 bridgehead atoms. The Kier molecular flexibility index (Phi) is 8.35. The van der Waals surface area contributed by atoms with E-state index in [4.69, 9.17) is 9.47 Å². The number of rotatable bonds is 6. The predicted molar refractivity (Wildman–Crippen MR) is 182 cm³/mol. The van der Waals surface area contributed by atoms with E-state index in [2.05, 4.69) is 52.8 Å². The standard InChI is InChI=1S/C40H45N2O6/c1-47-40-32(14-22-11-13-41-21-22)31(19-36(45)39(40)46)38-20-35(44)28-9-7-24(18-37(28)48-38)23-8-10-34(43)30(15-23)27-6-2-4-25-17-33-26(16-29(25)27)5-3-12-42-33/h2-3,5-6,8,10-11,13,15-16,19,21,24-25,27-29,33,35,37-38,42-46H,4,7,9,12,14,17-18,20H2,1H3/q-1/t24-,25+,27+,28-,29+,33-,35-,37-,38-/m0/s1. The number of phenolic OH excluding ortho intramolecular Hbond substituents is 3. The Labute approximate surface area is 281 Å². The number of nitrogens with one attached hydrogen (secondary N) is 1. The molecule has 0 unspecified atom stereocenters. The van der Waals surface area contributed by atoms with Crippen LogP contribution in [0.4, 0.5) is 0 Å². The molecule has 3 aliphatic carbocycles. The second-order valence-corrected chi connectivity index (χ2v) is 14.4. The summed E-state index contributed by atoms with van der Waals surface area (Å²) in [6, 6.07) is 10.0. The Morgan fingerprint density at radius 1 is 1.00 bits per heavy atom. The van der Waals surface area contributed by atoms with Gasteiger partial charge in [-0.2, -0.15) is 12.4 Å². The van der Waals surface area contributed by atoms with Crippen molar-refractivity contribution in [1.82, 2.24) is 10.3 Å². The van der Waals surface area contributed by atoms with Gasteiger partial charge in [0.25, 0.3) is 0 Å². The number of aliphatic hydroxyl groups excluding tert-OH is 1. The van der Waals surface area contributed by atoms with Gasteiger partial charge in [0.1, 0.15) is 5.75 Å². The molecule has 8 heteroatoms. The number of aromatic nitrogens is 1. The summed E-state index contributed by atoms with van der Waals surface area (Å²) in [5, 5.41) is 47.6. The van der Waals surface area contributed by atoms with Gasteiger partial charge in [0, 0.05) is 42.0 Å². The van der Waals surface area contributed by atoms with E-state index in [1.165, 1.54) is 18.2 Å². The lowest BCUT2D eigenvalue weighted by atomic mass is 9.65. The van der Waals surface area contributed by atoms with Gasteiger partial charge in [0.2, 0.25) is 5.75 Å². The first-order valence-corrected chi connectivity index (χ1v) is 17.5. The molecule has 8 nitrogen and oxygen atoms in total. The molecule has 9 atom stereocenters. The normalized spacial score (nSPS) is 32.5. The molecule has 0 amide bonds. The highest BCUT2D eigenvalue weighted by Crippen LogP contribution is 2.51. The monoisotopic (exact) mass is 649 g/mol. The number of aliphatic hydroxyl groups is 1. The van der Waals surface area contributed by atoms with Crippen LogP contribution in [-0.2, 0) is 11.2 Å². The van der Waals surface area contributed by atoms with Crippen molar-refractivity contribution < 1.29 is 29.9 Å². The lowest BCUT2D eigenvalue weighted by Crippen LogP contribution is -2.44. The zero-order valence-electron chi connectivity index (χ0n) is 27.3. The number of hydrogen-bond acceptors (Lipinski definition) is 7. The Hall–Kier alpha value is -3.98. The third-order valence-electron chi connectivity index (χ3n) is 11.8. The van der Waals surface area contributed by atoms with Crippen LogP contribution in [0.2, 0.25) is 0 Å². The van der Waals surface area contributed by atoms with E-state index in [0.29, 0.717) is 47.6 Å². The number of benzene rings is 2. The molecular weight excluding hydrogens is 604 g/mol. The summed E-state index contributed by atoms with van der Waals surface area (Å²) < 4.78 is 12.4. The van der Waals surface area contributed by atoms with Crippen LogP contribution in [0.15, 0.2) is 78.7 Å². The summed E-state index contributed by atoms with van der Waals surface area (Å²) in [4.78, 5) is 4.19. The fraction of sp³-hybridized carbons (Fsp3) is 0.450. The third-order valence-corrected chi connectivity index (χ3v) is 11.8. The Morgan fingerprint density at radius 2 is 1.90 bits per heavy atom. The first kappa shape index (κ1) is 31.3. The van der Waals surface area contributed by atoms with Crippen LogP contribution in [0.5, 0.6) is 23.0 Å². The number of nitrogens with zero attached hydrogens (tertiary/aromatic N) is 1. The van der Waals surface area contributed by atoms with Crippen LogP contribution in [0.25, 0.3) is 0 Å². The van der Waals surface area contributed by atoms with Crippen LogP contribution in [-0.4, -0.2) is 52.3 Å². The smallest absolute Gasteiger partial charge is 0.200 e. The highest BCUT2D eigenvalue weighted by molar-refractivity contribution is 5.59. The molecule has 2 fully saturated rings. The van der Waals surface area contributed by atoms with Crippen molar-refractivity contribution in [3.05, 3.63) is 106 Å². The highest BCUT2D eigenvalue weighted by atomic mass is 16.5. The zero-order chi connectivity index (χ0) is 32.9. The molecule has 8 rings (SSSR count). The van der Waals surface area contributed by atoms with Crippen molar-refractivity contribution in [1.29, 1.82) is 0 Å². The average Bonchev–Trinajstić information content (AvgIpc) is 3.62. The molecule has 48 heavy (non-hydrogen) atoms. The van der Waals surface area contributed by atoms with Gasteiger partial charge in [-0.25, -0.2) is 0 Å². The van der Waals surface area contributed by atoms with Crippen molar-refractivity contribution in [2.24, 2.45) is 17.8 Å². The summed E-state index contributed by atoms with van der Waals surface area (Å²) in [6.45, 7) is 0.922. The van der Waals surface area contributed by atoms with Crippen molar-refractivity contribution in [2.45, 2.75) is 81.1 Å². The van der Waals surface area contributed by atoms with Crippen molar-refractivity contribution >= 4 is 0 Å². The molecular formula is C40H45N2O6-. The molecule has 3 heterocycles. The van der Waals surface area contributed by atoms with Gasteiger partial charge in [-0.15, -0.1) is 0 Å². The number of allylic oxidation sites excluding steroid dienone is 3. The Morgan fingerprint density at radius 3 is 2.73 bits per heavy atom. The van der Waals surface area contributed by atoms with Gasteiger partial charge in [-0.05, 0) is 85.1 Å². The molecule has 5 N–H and O–H groups in total. The summed E-state index contributed by atoms with van der Waals surface area (Å²) in [5.41, 5.74) is 5.93. The first-order valence-electron chi connectivity index (χ1n) is 17.5. The van der Waals surface area contributed by atoms with Gasteiger partial charge in [-0.3, -0.25) is 0 Å². The van der Waals surface area contributed by atoms with Crippen LogP contribution < -0.4 is 15.0 Å². The molecule has 252 valence electrons. The van der Waals surface area contributed by atoms with E-state index in [1.54, 1.807) is 18.5 Å². The van der Waals surface area contributed by atoms with Crippen LogP contribution in [0.3, 0.4) is 0 Å². The molecule has 1 saturated carbocycles. The molecule has 0 radical (unpaired) electrons. The number of aromatic hydroxyl groups is 3. The number of hydrogen-bond donors (Lipinski definition) is 5. The topological polar surface area (TPSA) is 126 Å². The van der Waals surface area contributed by atoms with E-state index in [9.17, 15) is 20.4 Å². The van der Waals surface area contributed by atoms with E-state index >= 15 is 0 Å². The maximum atomic E-state index is 11.4. The van der Waals surface area contributed by atoms with Crippen molar-refractivity contribution in [2.75, 3.05) is 13.7 Å². The summed E-state index contributed by atoms with van der Waals surface area (Å²) in [5.74, 6) is 1.22. The quantitative estimate of drug-likeness (QED) is 0.156. The van der Waals surface area contributed by atoms with E-state index in [-0.39, 0.29) is 41.1 Å². The minimum absolute atomic E-state index is 0.0189. The van der Waals surface area contributed by atoms with Crippen LogP contribution in [0, 0.1) is 17.8 Å². The van der Waals surface area contributed by atoms with Crippen molar-refractivity contribution in [3.8, 4) is 23.0 Å². The van der Waals surface area contributed by atoms with Crippen molar-refractivity contribution in [3.63, 3.8) is 0 Å². The molecule has 5 aliphatic rings. The first-order chi connectivity index (χ1) is 23.4. The molecule has 3 aromatic rings. The van der Waals surface area contributed by atoms with E-state index in [0.717, 1.165) is 49.8 Å². The highest BCUT2D eigenvalue weighted by Gasteiger charge is 2.44. The van der Waals surface area contributed by atoms with Crippen LogP contribution in [0.1, 0.15) is 84.3 Å². The van der Waals surface area contributed by atoms with E-state index < -0.39 is 12.2 Å². The minimum atomic E-state index is -0.559. The molecule has 2 aromatic carbocycles. The second kappa shape index (κ2) is 12.8. The maximum absolute atomic E-state index is 11.4. The summed E-state index contributed by atoms with van der Waals surface area (Å²) in [6.07, 6.45) is 19.3. The number of phenols is 3. The van der Waals surface area contributed by atoms with Gasteiger partial charge < -0.3 is 40.2 Å². The largest absolute Gasteiger partial charge is 0.670 e. The fourth-order valence-corrected chi connectivity index (χ4v) is 9.36. The average molecular weight is 650 g/mol. The lowest BCUT2D eigenvalue weighted by Gasteiger charge is -2.45. The Bertz CT molecular complexity index is 1740. The lowest BCUT2D eigenvalue weighted by molar-refractivity contribution is -0.154. The van der Waals surface area contributed by atoms with Crippen LogP contribution >= 0.6 is 0 Å². The summed E-state index contributed by atoms with van der Waals surface area (Å²) in [7, 11) is 1.48. The Balaban J connectivity index is 1.06. The summed E-state index contributed by atoms with van der Waals surface area (Å²) >= 11 is 0. The third kappa shape index (κ3) is 5.63. The van der Waals surface area contributed by atoms with Gasteiger partial charge in [-0.1, -0.05) is 54.1 Å². The number of fused-ring (bicyclic) bond motifs is 3. The van der Waals surface area contributed by atoms with E-state index in [1.807, 2.05) is 12.1 Å². The SMILES string of the molecule is COc1c(O)c(O)cc([C@@H]2C[C@H](O)[C@@H]3CC[C@H](c4ccc(O)c([C@@H]5C=CC[C@@H]6C[C@@H]7NCC=CC7=C[C@H]65)c4)C[C@@H]3O2)c1Cc1cc[n-]c1. The molecule has 2 aliphatic heterocycles. The second-order valence-electron chi connectivity index (χ2n) is 14.4. The maximum Gasteiger partial charge on any atom is 0.200 e. The number of methoxy groups -OCH3 is 1. The van der Waals surface area contributed by atoms with Gasteiger partial charge >= 0.3 is 0 Å². The van der Waals surface area contributed by atoms with Gasteiger partial charge in [0.15, 0.2) is 11.5 Å². The van der Waals surface area contributed by atoms with Gasteiger partial charge in [0.05, 0.1) is 25.4 Å².